The van der Waals surface area contributed by atoms with Gasteiger partial charge in [-0.05, 0) is 36.6 Å². The summed E-state index contributed by atoms with van der Waals surface area (Å²) in [6, 6.07) is 16.5. The van der Waals surface area contributed by atoms with Gasteiger partial charge in [-0.15, -0.1) is 0 Å². The van der Waals surface area contributed by atoms with Crippen LogP contribution in [0.4, 0.5) is 5.69 Å². The molecule has 0 amide bonds. The Morgan fingerprint density at radius 2 is 1.61 bits per heavy atom. The van der Waals surface area contributed by atoms with Gasteiger partial charge in [-0.1, -0.05) is 42.5 Å². The molecule has 122 valence electrons. The molecule has 2 aromatic rings. The molecule has 2 aromatic carbocycles. The van der Waals surface area contributed by atoms with Crippen LogP contribution >= 0.6 is 0 Å². The lowest BCUT2D eigenvalue weighted by atomic mass is 10.1. The van der Waals surface area contributed by atoms with E-state index in [0.29, 0.717) is 6.54 Å². The van der Waals surface area contributed by atoms with Gasteiger partial charge in [-0.25, -0.2) is 0 Å². The number of rotatable bonds is 4. The maximum atomic E-state index is 10.4. The van der Waals surface area contributed by atoms with Crippen LogP contribution in [0.3, 0.4) is 0 Å². The molecule has 1 atom stereocenters. The first-order valence-electron chi connectivity index (χ1n) is 8.41. The molecule has 0 spiro atoms. The Morgan fingerprint density at radius 3 is 2.30 bits per heavy atom. The van der Waals surface area contributed by atoms with Gasteiger partial charge < -0.3 is 10.0 Å². The molecule has 1 N–H and O–H groups in total. The molecule has 1 aliphatic rings. The Labute approximate surface area is 139 Å². The molecule has 3 heteroatoms. The fraction of sp³-hybridized carbons (Fsp3) is 0.400. The molecule has 0 aromatic heterocycles. The van der Waals surface area contributed by atoms with Crippen LogP contribution in [0, 0.1) is 13.8 Å². The predicted molar refractivity (Wildman–Crippen MR) is 96.0 cm³/mol. The van der Waals surface area contributed by atoms with Gasteiger partial charge in [-0.2, -0.15) is 0 Å². The van der Waals surface area contributed by atoms with Crippen molar-refractivity contribution in [1.29, 1.82) is 0 Å². The Kier molecular flexibility index (Phi) is 4.99. The molecule has 23 heavy (non-hydrogen) atoms. The molecule has 1 saturated heterocycles. The first-order chi connectivity index (χ1) is 11.1. The third-order valence-corrected chi connectivity index (χ3v) is 4.90. The smallest absolute Gasteiger partial charge is 0.0916 e. The quantitative estimate of drug-likeness (QED) is 0.940. The van der Waals surface area contributed by atoms with Crippen molar-refractivity contribution in [2.45, 2.75) is 20.0 Å². The first kappa shape index (κ1) is 16.0. The molecule has 0 bridgehead atoms. The lowest BCUT2D eigenvalue weighted by molar-refractivity contribution is 0.109. The van der Waals surface area contributed by atoms with Gasteiger partial charge in [0.25, 0.3) is 0 Å². The molecule has 0 unspecified atom stereocenters. The molecule has 3 nitrogen and oxygen atoms in total. The predicted octanol–water partition coefficient (Wildman–Crippen LogP) is 3.16. The summed E-state index contributed by atoms with van der Waals surface area (Å²) < 4.78 is 0. The lowest BCUT2D eigenvalue weighted by Gasteiger charge is -2.37. The average Bonchev–Trinajstić information content (AvgIpc) is 2.59. The summed E-state index contributed by atoms with van der Waals surface area (Å²) in [7, 11) is 0. The summed E-state index contributed by atoms with van der Waals surface area (Å²) in [6.07, 6.45) is -0.400. The van der Waals surface area contributed by atoms with E-state index >= 15 is 0 Å². The zero-order valence-electron chi connectivity index (χ0n) is 14.1. The number of aryl methyl sites for hydroxylation is 1. The van der Waals surface area contributed by atoms with E-state index < -0.39 is 6.10 Å². The molecule has 0 saturated carbocycles. The van der Waals surface area contributed by atoms with Crippen LogP contribution < -0.4 is 4.90 Å². The number of aliphatic hydroxyl groups is 1. The van der Waals surface area contributed by atoms with Crippen molar-refractivity contribution in [3.05, 3.63) is 65.2 Å². The fourth-order valence-electron chi connectivity index (χ4n) is 3.27. The molecular formula is C20H26N2O. The Hall–Kier alpha value is -1.84. The second kappa shape index (κ2) is 7.16. The van der Waals surface area contributed by atoms with Crippen molar-refractivity contribution >= 4 is 5.69 Å². The largest absolute Gasteiger partial charge is 0.387 e. The van der Waals surface area contributed by atoms with Gasteiger partial charge in [0.1, 0.15) is 0 Å². The summed E-state index contributed by atoms with van der Waals surface area (Å²) in [5.41, 5.74) is 5.09. The summed E-state index contributed by atoms with van der Waals surface area (Å²) in [6.45, 7) is 9.12. The third kappa shape index (κ3) is 3.74. The number of aliphatic hydroxyl groups excluding tert-OH is 1. The number of benzene rings is 2. The number of anilines is 1. The summed E-state index contributed by atoms with van der Waals surface area (Å²) in [4.78, 5) is 4.83. The monoisotopic (exact) mass is 310 g/mol. The van der Waals surface area contributed by atoms with Crippen LogP contribution in [-0.2, 0) is 0 Å². The number of nitrogens with zero attached hydrogens (tertiary/aromatic N) is 2. The average molecular weight is 310 g/mol. The van der Waals surface area contributed by atoms with Crippen molar-refractivity contribution in [2.24, 2.45) is 0 Å². The third-order valence-electron chi connectivity index (χ3n) is 4.90. The molecule has 1 heterocycles. The Bertz CT molecular complexity index is 633. The van der Waals surface area contributed by atoms with E-state index in [1.165, 1.54) is 16.8 Å². The van der Waals surface area contributed by atoms with Gasteiger partial charge in [0.2, 0.25) is 0 Å². The van der Waals surface area contributed by atoms with Crippen LogP contribution in [0.15, 0.2) is 48.5 Å². The highest BCUT2D eigenvalue weighted by molar-refractivity contribution is 5.56. The Morgan fingerprint density at radius 1 is 0.913 bits per heavy atom. The zero-order valence-corrected chi connectivity index (χ0v) is 14.1. The van der Waals surface area contributed by atoms with Crippen molar-refractivity contribution in [3.63, 3.8) is 0 Å². The molecule has 0 aliphatic carbocycles. The highest BCUT2D eigenvalue weighted by atomic mass is 16.3. The van der Waals surface area contributed by atoms with E-state index in [1.54, 1.807) is 0 Å². The van der Waals surface area contributed by atoms with Gasteiger partial charge in [-0.3, -0.25) is 4.90 Å². The van der Waals surface area contributed by atoms with Crippen molar-refractivity contribution in [2.75, 3.05) is 37.6 Å². The summed E-state index contributed by atoms with van der Waals surface area (Å²) in [5, 5.41) is 10.4. The van der Waals surface area contributed by atoms with Crippen LogP contribution in [0.1, 0.15) is 22.8 Å². The number of β-amino-alcohol motifs (C(OH)–C–C–N with tert-alkyl or cyclic N) is 1. The summed E-state index contributed by atoms with van der Waals surface area (Å²) >= 11 is 0. The topological polar surface area (TPSA) is 26.7 Å². The fourth-order valence-corrected chi connectivity index (χ4v) is 3.27. The molecule has 0 radical (unpaired) electrons. The van der Waals surface area contributed by atoms with E-state index in [4.69, 9.17) is 0 Å². The van der Waals surface area contributed by atoms with E-state index in [-0.39, 0.29) is 0 Å². The first-order valence-corrected chi connectivity index (χ1v) is 8.41. The van der Waals surface area contributed by atoms with Crippen molar-refractivity contribution in [1.82, 2.24) is 4.90 Å². The standard InChI is InChI=1S/C20H26N2O/c1-16-7-6-10-19(17(16)2)22-13-11-21(12-14-22)15-20(23)18-8-4-3-5-9-18/h3-10,20,23H,11-15H2,1-2H3/t20-/m1/s1. The van der Waals surface area contributed by atoms with Gasteiger partial charge in [0.15, 0.2) is 0 Å². The number of hydrogen-bond acceptors (Lipinski definition) is 3. The minimum absolute atomic E-state index is 0.400. The van der Waals surface area contributed by atoms with Gasteiger partial charge >= 0.3 is 0 Å². The maximum Gasteiger partial charge on any atom is 0.0916 e. The second-order valence-electron chi connectivity index (χ2n) is 6.43. The van der Waals surface area contributed by atoms with Crippen molar-refractivity contribution < 1.29 is 5.11 Å². The molecule has 3 rings (SSSR count). The second-order valence-corrected chi connectivity index (χ2v) is 6.43. The molecule has 1 fully saturated rings. The van der Waals surface area contributed by atoms with Gasteiger partial charge in [0, 0.05) is 38.4 Å². The van der Waals surface area contributed by atoms with Crippen LogP contribution in [-0.4, -0.2) is 42.7 Å². The minimum atomic E-state index is -0.400. The van der Waals surface area contributed by atoms with E-state index in [0.717, 1.165) is 31.7 Å². The van der Waals surface area contributed by atoms with Crippen LogP contribution in [0.25, 0.3) is 0 Å². The van der Waals surface area contributed by atoms with E-state index in [2.05, 4.69) is 41.8 Å². The number of piperazine rings is 1. The maximum absolute atomic E-state index is 10.4. The lowest BCUT2D eigenvalue weighted by Crippen LogP contribution is -2.47. The van der Waals surface area contributed by atoms with E-state index in [9.17, 15) is 5.11 Å². The van der Waals surface area contributed by atoms with Crippen molar-refractivity contribution in [3.8, 4) is 0 Å². The highest BCUT2D eigenvalue weighted by Crippen LogP contribution is 2.24. The molecule has 1 aliphatic heterocycles. The highest BCUT2D eigenvalue weighted by Gasteiger charge is 2.21. The van der Waals surface area contributed by atoms with Gasteiger partial charge in [0.05, 0.1) is 6.10 Å². The zero-order chi connectivity index (χ0) is 16.2. The van der Waals surface area contributed by atoms with E-state index in [1.807, 2.05) is 30.3 Å². The summed E-state index contributed by atoms with van der Waals surface area (Å²) in [5.74, 6) is 0. The SMILES string of the molecule is Cc1cccc(N2CCN(C[C@@H](O)c3ccccc3)CC2)c1C. The molecular weight excluding hydrogens is 284 g/mol. The van der Waals surface area contributed by atoms with Crippen LogP contribution in [0.2, 0.25) is 0 Å². The minimum Gasteiger partial charge on any atom is -0.387 e. The Balaban J connectivity index is 1.57. The number of hydrogen-bond donors (Lipinski definition) is 1. The van der Waals surface area contributed by atoms with Crippen LogP contribution in [0.5, 0.6) is 0 Å². The normalized spacial score (nSPS) is 17.3.